The minimum atomic E-state index is -0.396. The van der Waals surface area contributed by atoms with Gasteiger partial charge in [-0.05, 0) is 92.5 Å². The highest BCUT2D eigenvalue weighted by atomic mass is 16.5. The van der Waals surface area contributed by atoms with E-state index >= 15 is 0 Å². The Morgan fingerprint density at radius 3 is 2.58 bits per heavy atom. The number of hydrogen-bond acceptors (Lipinski definition) is 7. The first-order chi connectivity index (χ1) is 18.0. The summed E-state index contributed by atoms with van der Waals surface area (Å²) < 4.78 is 12.5. The average Bonchev–Trinajstić information content (AvgIpc) is 2.85. The van der Waals surface area contributed by atoms with Crippen molar-refractivity contribution in [2.75, 3.05) is 66.4 Å². The number of anilines is 1. The molecule has 0 bridgehead atoms. The van der Waals surface area contributed by atoms with E-state index in [1.165, 1.54) is 0 Å². The molecule has 0 radical (unpaired) electrons. The Hall–Kier alpha value is -2.20. The van der Waals surface area contributed by atoms with Crippen LogP contribution >= 0.6 is 0 Å². The Morgan fingerprint density at radius 2 is 1.92 bits per heavy atom. The number of ether oxygens (including phenoxy) is 2. The third-order valence-corrected chi connectivity index (χ3v) is 6.89. The van der Waals surface area contributed by atoms with Crippen LogP contribution in [0.15, 0.2) is 18.2 Å². The summed E-state index contributed by atoms with van der Waals surface area (Å²) >= 11 is 0. The summed E-state index contributed by atoms with van der Waals surface area (Å²) in [4.78, 5) is 32.4. The van der Waals surface area contributed by atoms with Gasteiger partial charge in [-0.25, -0.2) is 0 Å². The fourth-order valence-corrected chi connectivity index (χ4v) is 4.60. The molecule has 1 aromatic carbocycles. The highest BCUT2D eigenvalue weighted by molar-refractivity contribution is 5.99. The number of aliphatic hydroxyl groups excluding tert-OH is 1. The second kappa shape index (κ2) is 16.0. The van der Waals surface area contributed by atoms with Crippen molar-refractivity contribution in [1.82, 2.24) is 14.7 Å². The van der Waals surface area contributed by atoms with Gasteiger partial charge in [-0.15, -0.1) is 0 Å². The van der Waals surface area contributed by atoms with Crippen LogP contribution in [0, 0.1) is 5.92 Å². The van der Waals surface area contributed by atoms with Gasteiger partial charge in [0.15, 0.2) is 0 Å². The molecule has 1 aromatic rings. The summed E-state index contributed by atoms with van der Waals surface area (Å²) in [6, 6.07) is 4.87. The van der Waals surface area contributed by atoms with Crippen LogP contribution in [0.25, 0.3) is 0 Å². The maximum Gasteiger partial charge on any atom is 0.258 e. The zero-order valence-electron chi connectivity index (χ0n) is 24.5. The largest absolute Gasteiger partial charge is 0.490 e. The molecule has 1 heterocycles. The van der Waals surface area contributed by atoms with E-state index in [-0.39, 0.29) is 36.5 Å². The predicted molar refractivity (Wildman–Crippen MR) is 152 cm³/mol. The van der Waals surface area contributed by atoms with Gasteiger partial charge >= 0.3 is 0 Å². The van der Waals surface area contributed by atoms with Crippen molar-refractivity contribution in [3.05, 3.63) is 23.8 Å². The van der Waals surface area contributed by atoms with Crippen LogP contribution in [0.1, 0.15) is 63.2 Å². The van der Waals surface area contributed by atoms with Crippen LogP contribution in [-0.4, -0.2) is 111 Å². The number of nitrogens with one attached hydrogen (secondary N) is 1. The number of hydrogen-bond donors (Lipinski definition) is 2. The van der Waals surface area contributed by atoms with Crippen LogP contribution < -0.4 is 10.1 Å². The van der Waals surface area contributed by atoms with E-state index in [4.69, 9.17) is 9.47 Å². The first-order valence-corrected chi connectivity index (χ1v) is 13.9. The van der Waals surface area contributed by atoms with E-state index in [0.29, 0.717) is 36.6 Å². The van der Waals surface area contributed by atoms with E-state index in [2.05, 4.69) is 17.1 Å². The molecule has 9 heteroatoms. The lowest BCUT2D eigenvalue weighted by Crippen LogP contribution is -2.47. The fraction of sp³-hybridized carbons (Fsp3) is 0.724. The summed E-state index contributed by atoms with van der Waals surface area (Å²) in [5.74, 6) is 0.215. The molecule has 0 unspecified atom stereocenters. The van der Waals surface area contributed by atoms with Gasteiger partial charge in [0, 0.05) is 37.7 Å². The molecule has 216 valence electrons. The normalized spacial score (nSPS) is 22.5. The van der Waals surface area contributed by atoms with E-state index in [1.54, 1.807) is 23.1 Å². The first-order valence-electron chi connectivity index (χ1n) is 13.9. The van der Waals surface area contributed by atoms with E-state index in [9.17, 15) is 14.7 Å². The van der Waals surface area contributed by atoms with E-state index < -0.39 is 6.04 Å². The van der Waals surface area contributed by atoms with Gasteiger partial charge in [-0.1, -0.05) is 6.92 Å². The monoisotopic (exact) mass is 534 g/mol. The molecular weight excluding hydrogens is 484 g/mol. The molecule has 0 saturated carbocycles. The molecule has 0 aromatic heterocycles. The van der Waals surface area contributed by atoms with Crippen molar-refractivity contribution in [2.24, 2.45) is 5.92 Å². The molecule has 2 N–H and O–H groups in total. The van der Waals surface area contributed by atoms with Gasteiger partial charge in [-0.2, -0.15) is 0 Å². The molecule has 2 amide bonds. The van der Waals surface area contributed by atoms with Crippen molar-refractivity contribution < 1.29 is 24.2 Å². The molecule has 4 atom stereocenters. The number of benzene rings is 1. The van der Waals surface area contributed by atoms with Crippen LogP contribution in [0.3, 0.4) is 0 Å². The Kier molecular flexibility index (Phi) is 13.5. The van der Waals surface area contributed by atoms with Crippen LogP contribution in [0.2, 0.25) is 0 Å². The standard InChI is InChI=1S/C29H50N4O5/c1-21-18-33(22(2)20-34)29(36)25-17-24(30-28(35)12-10-15-31(4)5)13-14-26(25)38-23(3)11-8-9-16-37-27(21)19-32(6)7/h13-14,17,21-23,27,34H,8-12,15-16,18-20H2,1-7H3,(H,30,35)/t21-,22+,23-,27+/m0/s1. The second-order valence-corrected chi connectivity index (χ2v) is 11.2. The third kappa shape index (κ3) is 10.5. The van der Waals surface area contributed by atoms with Crippen LogP contribution in [0.5, 0.6) is 5.75 Å². The SMILES string of the molecule is C[C@H](CO)N1C[C@H](C)[C@@H](CN(C)C)OCCCC[C@H](C)Oc2ccc(NC(=O)CCCN(C)C)cc2C1=O. The maximum atomic E-state index is 14.0. The molecule has 1 aliphatic heterocycles. The predicted octanol–water partition coefficient (Wildman–Crippen LogP) is 3.32. The molecule has 2 rings (SSSR count). The number of nitrogens with zero attached hydrogens (tertiary/aromatic N) is 3. The van der Waals surface area contributed by atoms with Gasteiger partial charge in [0.25, 0.3) is 5.91 Å². The zero-order valence-corrected chi connectivity index (χ0v) is 24.5. The number of fused-ring (bicyclic) bond motifs is 1. The topological polar surface area (TPSA) is 94.6 Å². The summed E-state index contributed by atoms with van der Waals surface area (Å²) in [5.41, 5.74) is 0.945. The highest BCUT2D eigenvalue weighted by Gasteiger charge is 2.30. The van der Waals surface area contributed by atoms with Crippen LogP contribution in [0.4, 0.5) is 5.69 Å². The molecule has 0 aliphatic carbocycles. The lowest BCUT2D eigenvalue weighted by molar-refractivity contribution is -0.116. The number of carbonyl (C=O) groups excluding carboxylic acids is 2. The van der Waals surface area contributed by atoms with Crippen molar-refractivity contribution in [1.29, 1.82) is 0 Å². The fourth-order valence-electron chi connectivity index (χ4n) is 4.60. The number of aliphatic hydroxyl groups is 1. The van der Waals surface area contributed by atoms with Crippen molar-refractivity contribution >= 4 is 17.5 Å². The Bertz CT molecular complexity index is 879. The highest BCUT2D eigenvalue weighted by Crippen LogP contribution is 2.28. The summed E-state index contributed by atoms with van der Waals surface area (Å²) in [6.07, 6.45) is 3.75. The lowest BCUT2D eigenvalue weighted by atomic mass is 10.0. The molecule has 1 aliphatic rings. The number of carbonyl (C=O) groups is 2. The lowest BCUT2D eigenvalue weighted by Gasteiger charge is -2.35. The van der Waals surface area contributed by atoms with E-state index in [1.807, 2.05) is 46.9 Å². The van der Waals surface area contributed by atoms with Gasteiger partial charge in [0.2, 0.25) is 5.91 Å². The van der Waals surface area contributed by atoms with Crippen LogP contribution in [-0.2, 0) is 9.53 Å². The molecular formula is C29H50N4O5. The summed E-state index contributed by atoms with van der Waals surface area (Å²) in [6.45, 7) is 8.44. The van der Waals surface area contributed by atoms with E-state index in [0.717, 1.165) is 38.8 Å². The summed E-state index contributed by atoms with van der Waals surface area (Å²) in [5, 5.41) is 13.0. The van der Waals surface area contributed by atoms with Gasteiger partial charge in [-0.3, -0.25) is 9.59 Å². The number of rotatable bonds is 9. The quantitative estimate of drug-likeness (QED) is 0.502. The average molecular weight is 535 g/mol. The Balaban J connectivity index is 2.40. The smallest absolute Gasteiger partial charge is 0.258 e. The second-order valence-electron chi connectivity index (χ2n) is 11.2. The molecule has 0 spiro atoms. The first kappa shape index (κ1) is 32.0. The number of likely N-dealkylation sites (N-methyl/N-ethyl adjacent to an activating group) is 1. The zero-order chi connectivity index (χ0) is 28.2. The van der Waals surface area contributed by atoms with Crippen molar-refractivity contribution in [3.63, 3.8) is 0 Å². The van der Waals surface area contributed by atoms with Gasteiger partial charge in [0.1, 0.15) is 5.75 Å². The maximum absolute atomic E-state index is 14.0. The van der Waals surface area contributed by atoms with Gasteiger partial charge in [0.05, 0.1) is 30.4 Å². The third-order valence-electron chi connectivity index (χ3n) is 6.89. The number of amides is 2. The van der Waals surface area contributed by atoms with Crippen molar-refractivity contribution in [3.8, 4) is 5.75 Å². The molecule has 0 fully saturated rings. The molecule has 9 nitrogen and oxygen atoms in total. The summed E-state index contributed by atoms with van der Waals surface area (Å²) in [7, 11) is 8.00. The molecule has 0 saturated heterocycles. The minimum Gasteiger partial charge on any atom is -0.490 e. The Labute approximate surface area is 229 Å². The van der Waals surface area contributed by atoms with Crippen molar-refractivity contribution in [2.45, 2.75) is 71.1 Å². The Morgan fingerprint density at radius 1 is 1.18 bits per heavy atom. The van der Waals surface area contributed by atoms with Gasteiger partial charge < -0.3 is 34.6 Å². The molecule has 38 heavy (non-hydrogen) atoms. The minimum absolute atomic E-state index is 0.0427.